The summed E-state index contributed by atoms with van der Waals surface area (Å²) in [5.74, 6) is 2.22. The second kappa shape index (κ2) is 7.66. The van der Waals surface area contributed by atoms with E-state index in [1.165, 1.54) is 18.5 Å². The molecule has 2 aromatic heterocycles. The van der Waals surface area contributed by atoms with E-state index in [1.807, 2.05) is 6.07 Å². The molecule has 0 bridgehead atoms. The quantitative estimate of drug-likeness (QED) is 0.345. The lowest BCUT2D eigenvalue weighted by molar-refractivity contribution is -0.384. The van der Waals surface area contributed by atoms with Crippen LogP contribution in [0.5, 0.6) is 11.5 Å². The molecule has 4 aromatic rings. The number of hydrogen-bond acceptors (Lipinski definition) is 9. The molecule has 2 aromatic carbocycles. The first-order valence-corrected chi connectivity index (χ1v) is 8.84. The van der Waals surface area contributed by atoms with Crippen LogP contribution in [0.3, 0.4) is 0 Å². The van der Waals surface area contributed by atoms with Crippen LogP contribution >= 0.6 is 0 Å². The Morgan fingerprint density at radius 1 is 1.07 bits per heavy atom. The Labute approximate surface area is 170 Å². The Bertz CT molecular complexity index is 1240. The summed E-state index contributed by atoms with van der Waals surface area (Å²) >= 11 is 0. The molecule has 0 aliphatic rings. The maximum Gasteiger partial charge on any atom is 0.271 e. The molecule has 0 saturated heterocycles. The number of fused-ring (bicyclic) bond motifs is 1. The van der Waals surface area contributed by atoms with Gasteiger partial charge in [-0.2, -0.15) is 0 Å². The number of rotatable bonds is 6. The highest BCUT2D eigenvalue weighted by Crippen LogP contribution is 2.36. The van der Waals surface area contributed by atoms with Crippen LogP contribution in [0, 0.1) is 10.1 Å². The summed E-state index contributed by atoms with van der Waals surface area (Å²) in [5.41, 5.74) is 1.73. The minimum Gasteiger partial charge on any atom is -0.497 e. The van der Waals surface area contributed by atoms with Crippen molar-refractivity contribution in [1.82, 2.24) is 15.1 Å². The normalized spacial score (nSPS) is 10.8. The van der Waals surface area contributed by atoms with E-state index < -0.39 is 4.92 Å². The highest BCUT2D eigenvalue weighted by Gasteiger charge is 2.19. The van der Waals surface area contributed by atoms with E-state index in [1.54, 1.807) is 50.4 Å². The molecule has 0 atom stereocenters. The van der Waals surface area contributed by atoms with Crippen molar-refractivity contribution < 1.29 is 18.9 Å². The molecule has 0 radical (unpaired) electrons. The van der Waals surface area contributed by atoms with E-state index in [9.17, 15) is 10.1 Å². The van der Waals surface area contributed by atoms with Gasteiger partial charge in [0.2, 0.25) is 5.88 Å². The Hall–Kier alpha value is -4.21. The van der Waals surface area contributed by atoms with Gasteiger partial charge in [0.25, 0.3) is 5.69 Å². The molecule has 0 spiro atoms. The molecule has 0 aliphatic heterocycles. The summed E-state index contributed by atoms with van der Waals surface area (Å²) in [6, 6.07) is 11.6. The molecule has 10 heteroatoms. The largest absolute Gasteiger partial charge is 0.497 e. The van der Waals surface area contributed by atoms with Crippen molar-refractivity contribution in [2.24, 2.45) is 0 Å². The molecule has 0 fully saturated rings. The predicted octanol–water partition coefficient (Wildman–Crippen LogP) is 3.98. The molecule has 4 rings (SSSR count). The number of benzene rings is 2. The number of aromatic nitrogens is 3. The molecule has 152 valence electrons. The predicted molar refractivity (Wildman–Crippen MR) is 109 cm³/mol. The number of ether oxygens (including phenoxy) is 2. The van der Waals surface area contributed by atoms with Gasteiger partial charge in [0, 0.05) is 42.3 Å². The first kappa shape index (κ1) is 19.1. The van der Waals surface area contributed by atoms with Crippen LogP contribution in [0.25, 0.3) is 22.2 Å². The lowest BCUT2D eigenvalue weighted by Crippen LogP contribution is -2.11. The highest BCUT2D eigenvalue weighted by molar-refractivity contribution is 5.92. The van der Waals surface area contributed by atoms with E-state index in [2.05, 4.69) is 15.1 Å². The van der Waals surface area contributed by atoms with Crippen LogP contribution in [0.4, 0.5) is 17.4 Å². The van der Waals surface area contributed by atoms with Crippen molar-refractivity contribution in [3.05, 3.63) is 58.9 Å². The number of non-ortho nitro benzene ring substituents is 1. The molecule has 0 saturated carbocycles. The topological polar surface area (TPSA) is 117 Å². The molecule has 0 unspecified atom stereocenters. The first-order chi connectivity index (χ1) is 14.5. The second-order valence-electron chi connectivity index (χ2n) is 6.33. The van der Waals surface area contributed by atoms with Crippen molar-refractivity contribution in [3.63, 3.8) is 0 Å². The standard InChI is InChI=1S/C20H17N5O5/c1-24(20-15-6-4-12(25(26)27)8-16(15)21-11-22-20)19-10-17(23-30-19)14-7-5-13(28-2)9-18(14)29-3/h4-11H,1-3H3. The number of hydrogen-bond donors (Lipinski definition) is 0. The van der Waals surface area contributed by atoms with Crippen molar-refractivity contribution in [1.29, 1.82) is 0 Å². The number of anilines is 2. The molecule has 10 nitrogen and oxygen atoms in total. The molecule has 0 amide bonds. The van der Waals surface area contributed by atoms with Crippen LogP contribution < -0.4 is 14.4 Å². The lowest BCUT2D eigenvalue weighted by Gasteiger charge is -2.15. The molecular formula is C20H17N5O5. The summed E-state index contributed by atoms with van der Waals surface area (Å²) < 4.78 is 16.2. The fourth-order valence-corrected chi connectivity index (χ4v) is 3.08. The Balaban J connectivity index is 1.72. The van der Waals surface area contributed by atoms with Gasteiger partial charge in [0.05, 0.1) is 24.7 Å². The van der Waals surface area contributed by atoms with E-state index >= 15 is 0 Å². The van der Waals surface area contributed by atoms with Gasteiger partial charge in [-0.25, -0.2) is 9.97 Å². The van der Waals surface area contributed by atoms with Gasteiger partial charge in [-0.05, 0) is 18.2 Å². The van der Waals surface area contributed by atoms with E-state index in [0.29, 0.717) is 39.8 Å². The van der Waals surface area contributed by atoms with Crippen LogP contribution in [0.1, 0.15) is 0 Å². The summed E-state index contributed by atoms with van der Waals surface area (Å²) in [4.78, 5) is 20.7. The third-order valence-electron chi connectivity index (χ3n) is 4.64. The van der Waals surface area contributed by atoms with Crippen LogP contribution in [0.15, 0.2) is 53.3 Å². The van der Waals surface area contributed by atoms with Gasteiger partial charge >= 0.3 is 0 Å². The third-order valence-corrected chi connectivity index (χ3v) is 4.64. The minimum atomic E-state index is -0.462. The lowest BCUT2D eigenvalue weighted by atomic mass is 10.1. The Morgan fingerprint density at radius 3 is 2.63 bits per heavy atom. The second-order valence-corrected chi connectivity index (χ2v) is 6.33. The average molecular weight is 407 g/mol. The molecule has 0 N–H and O–H groups in total. The number of nitro benzene ring substituents is 1. The van der Waals surface area contributed by atoms with Crippen molar-refractivity contribution in [2.45, 2.75) is 0 Å². The van der Waals surface area contributed by atoms with E-state index in [0.717, 1.165) is 5.56 Å². The molecule has 30 heavy (non-hydrogen) atoms. The molecular weight excluding hydrogens is 390 g/mol. The fraction of sp³-hybridized carbons (Fsp3) is 0.150. The minimum absolute atomic E-state index is 0.0386. The maximum atomic E-state index is 11.0. The molecule has 0 aliphatic carbocycles. The van der Waals surface area contributed by atoms with Gasteiger partial charge in [-0.15, -0.1) is 0 Å². The zero-order valence-corrected chi connectivity index (χ0v) is 16.4. The number of nitrogens with zero attached hydrogens (tertiary/aromatic N) is 5. The first-order valence-electron chi connectivity index (χ1n) is 8.84. The van der Waals surface area contributed by atoms with Crippen LogP contribution in [-0.4, -0.2) is 41.3 Å². The van der Waals surface area contributed by atoms with E-state index in [-0.39, 0.29) is 5.69 Å². The van der Waals surface area contributed by atoms with Gasteiger partial charge in [-0.1, -0.05) is 5.16 Å². The smallest absolute Gasteiger partial charge is 0.271 e. The summed E-state index contributed by atoms with van der Waals surface area (Å²) in [7, 11) is 4.91. The maximum absolute atomic E-state index is 11.0. The van der Waals surface area contributed by atoms with Gasteiger partial charge in [0.15, 0.2) is 0 Å². The van der Waals surface area contributed by atoms with E-state index in [4.69, 9.17) is 14.0 Å². The monoisotopic (exact) mass is 407 g/mol. The number of nitro groups is 1. The Morgan fingerprint density at radius 2 is 1.90 bits per heavy atom. The highest BCUT2D eigenvalue weighted by atomic mass is 16.6. The van der Waals surface area contributed by atoms with Crippen LogP contribution in [0.2, 0.25) is 0 Å². The SMILES string of the molecule is COc1ccc(-c2cc(N(C)c3ncnc4cc([N+](=O)[O-])ccc34)on2)c(OC)c1. The van der Waals surface area contributed by atoms with Crippen molar-refractivity contribution >= 4 is 28.3 Å². The van der Waals surface area contributed by atoms with Gasteiger partial charge in [-0.3, -0.25) is 15.0 Å². The summed E-state index contributed by atoms with van der Waals surface area (Å²) in [5, 5.41) is 15.8. The average Bonchev–Trinajstić information content (AvgIpc) is 3.27. The zero-order chi connectivity index (χ0) is 21.3. The summed E-state index contributed by atoms with van der Waals surface area (Å²) in [6.07, 6.45) is 1.35. The molecule has 2 heterocycles. The van der Waals surface area contributed by atoms with Gasteiger partial charge in [0.1, 0.15) is 29.3 Å². The zero-order valence-electron chi connectivity index (χ0n) is 16.4. The summed E-state index contributed by atoms with van der Waals surface area (Å²) in [6.45, 7) is 0. The van der Waals surface area contributed by atoms with Crippen molar-refractivity contribution in [3.8, 4) is 22.8 Å². The third kappa shape index (κ3) is 3.34. The van der Waals surface area contributed by atoms with Crippen LogP contribution in [-0.2, 0) is 0 Å². The number of methoxy groups -OCH3 is 2. The van der Waals surface area contributed by atoms with Crippen molar-refractivity contribution in [2.75, 3.05) is 26.2 Å². The fourth-order valence-electron chi connectivity index (χ4n) is 3.08. The van der Waals surface area contributed by atoms with Gasteiger partial charge < -0.3 is 14.0 Å². The Kier molecular flexibility index (Phi) is 4.88.